The molecule has 0 unspecified atom stereocenters. The zero-order chi connectivity index (χ0) is 11.4. The summed E-state index contributed by atoms with van der Waals surface area (Å²) in [6.45, 7) is 3.02. The number of carbonyl (C=O) groups excluding carboxylic acids is 1. The first-order valence-electron chi connectivity index (χ1n) is 5.33. The molecule has 1 saturated heterocycles. The molecule has 88 valence electrons. The minimum Gasteiger partial charge on any atom is -0.395 e. The summed E-state index contributed by atoms with van der Waals surface area (Å²) in [5.74, 6) is -0.206. The van der Waals surface area contributed by atoms with E-state index in [9.17, 15) is 4.79 Å². The van der Waals surface area contributed by atoms with Gasteiger partial charge in [-0.05, 0) is 20.4 Å². The zero-order valence-corrected chi connectivity index (χ0v) is 9.39. The fraction of sp³-hybridized carbons (Fsp3) is 0.900. The van der Waals surface area contributed by atoms with Crippen LogP contribution in [0.5, 0.6) is 0 Å². The lowest BCUT2D eigenvalue weighted by Gasteiger charge is -2.30. The molecule has 1 rings (SSSR count). The van der Waals surface area contributed by atoms with E-state index in [4.69, 9.17) is 10.2 Å². The molecule has 1 aliphatic heterocycles. The molecule has 1 aliphatic rings. The van der Waals surface area contributed by atoms with E-state index in [0.29, 0.717) is 13.1 Å². The van der Waals surface area contributed by atoms with Gasteiger partial charge in [0.1, 0.15) is 6.61 Å². The SMILES string of the molecule is C[C@@H]1[C@H](N(C)CCO)CCN1C(=O)CO. The Hall–Kier alpha value is -0.650. The van der Waals surface area contributed by atoms with Gasteiger partial charge < -0.3 is 15.1 Å². The predicted molar refractivity (Wildman–Crippen MR) is 56.4 cm³/mol. The average molecular weight is 216 g/mol. The lowest BCUT2D eigenvalue weighted by molar-refractivity contribution is -0.135. The summed E-state index contributed by atoms with van der Waals surface area (Å²) in [4.78, 5) is 15.1. The van der Waals surface area contributed by atoms with Crippen LogP contribution < -0.4 is 0 Å². The fourth-order valence-corrected chi connectivity index (χ4v) is 2.28. The normalized spacial score (nSPS) is 26.3. The second-order valence-electron chi connectivity index (χ2n) is 4.05. The number of aliphatic hydroxyl groups is 2. The van der Waals surface area contributed by atoms with Crippen molar-refractivity contribution in [3.63, 3.8) is 0 Å². The highest BCUT2D eigenvalue weighted by Gasteiger charge is 2.35. The molecule has 1 fully saturated rings. The number of hydrogen-bond donors (Lipinski definition) is 2. The molecular formula is C10H20N2O3. The summed E-state index contributed by atoms with van der Waals surface area (Å²) in [7, 11) is 1.95. The van der Waals surface area contributed by atoms with Crippen LogP contribution in [0.25, 0.3) is 0 Å². The Balaban J connectivity index is 2.55. The van der Waals surface area contributed by atoms with E-state index in [1.807, 2.05) is 14.0 Å². The lowest BCUT2D eigenvalue weighted by atomic mass is 10.1. The molecule has 0 aromatic rings. The van der Waals surface area contributed by atoms with Crippen LogP contribution in [0.3, 0.4) is 0 Å². The molecule has 0 bridgehead atoms. The van der Waals surface area contributed by atoms with Gasteiger partial charge in [-0.25, -0.2) is 0 Å². The van der Waals surface area contributed by atoms with Crippen molar-refractivity contribution in [1.82, 2.24) is 9.80 Å². The molecule has 5 heteroatoms. The smallest absolute Gasteiger partial charge is 0.248 e. The molecule has 0 spiro atoms. The molecule has 0 radical (unpaired) electrons. The highest BCUT2D eigenvalue weighted by Crippen LogP contribution is 2.21. The van der Waals surface area contributed by atoms with Gasteiger partial charge in [-0.3, -0.25) is 9.69 Å². The van der Waals surface area contributed by atoms with Crippen molar-refractivity contribution >= 4 is 5.91 Å². The number of amides is 1. The first kappa shape index (κ1) is 12.4. The van der Waals surface area contributed by atoms with E-state index in [-0.39, 0.29) is 24.6 Å². The number of likely N-dealkylation sites (N-methyl/N-ethyl adjacent to an activating group) is 1. The zero-order valence-electron chi connectivity index (χ0n) is 9.39. The van der Waals surface area contributed by atoms with E-state index in [1.165, 1.54) is 0 Å². The van der Waals surface area contributed by atoms with Crippen molar-refractivity contribution in [1.29, 1.82) is 0 Å². The molecule has 0 aliphatic carbocycles. The molecule has 1 amide bonds. The van der Waals surface area contributed by atoms with E-state index >= 15 is 0 Å². The highest BCUT2D eigenvalue weighted by molar-refractivity contribution is 5.77. The molecule has 1 heterocycles. The molecule has 2 N–H and O–H groups in total. The first-order valence-corrected chi connectivity index (χ1v) is 5.33. The number of likely N-dealkylation sites (tertiary alicyclic amines) is 1. The fourth-order valence-electron chi connectivity index (χ4n) is 2.28. The summed E-state index contributed by atoms with van der Waals surface area (Å²) in [5, 5.41) is 17.6. The Morgan fingerprint density at radius 1 is 1.53 bits per heavy atom. The molecule has 0 aromatic heterocycles. The van der Waals surface area contributed by atoms with Gasteiger partial charge in [0.05, 0.1) is 6.61 Å². The molecule has 0 aromatic carbocycles. The van der Waals surface area contributed by atoms with E-state index < -0.39 is 6.61 Å². The van der Waals surface area contributed by atoms with Crippen LogP contribution in [0.4, 0.5) is 0 Å². The van der Waals surface area contributed by atoms with Crippen LogP contribution in [0, 0.1) is 0 Å². The minimum absolute atomic E-state index is 0.112. The number of nitrogens with zero attached hydrogens (tertiary/aromatic N) is 2. The Morgan fingerprint density at radius 2 is 2.20 bits per heavy atom. The van der Waals surface area contributed by atoms with E-state index in [2.05, 4.69) is 4.90 Å². The molecule has 5 nitrogen and oxygen atoms in total. The minimum atomic E-state index is -0.416. The maximum atomic E-state index is 11.4. The van der Waals surface area contributed by atoms with E-state index in [0.717, 1.165) is 6.42 Å². The van der Waals surface area contributed by atoms with Gasteiger partial charge in [-0.2, -0.15) is 0 Å². The third-order valence-electron chi connectivity index (χ3n) is 3.19. The summed E-state index contributed by atoms with van der Waals surface area (Å²) in [6, 6.07) is 0.397. The highest BCUT2D eigenvalue weighted by atomic mass is 16.3. The monoisotopic (exact) mass is 216 g/mol. The van der Waals surface area contributed by atoms with Gasteiger partial charge in [0, 0.05) is 25.2 Å². The maximum absolute atomic E-state index is 11.4. The Kier molecular flexibility index (Phi) is 4.50. The van der Waals surface area contributed by atoms with Gasteiger partial charge in [0.2, 0.25) is 5.91 Å². The van der Waals surface area contributed by atoms with Crippen LogP contribution in [-0.4, -0.2) is 71.4 Å². The summed E-state index contributed by atoms with van der Waals surface area (Å²) in [6.07, 6.45) is 0.906. The van der Waals surface area contributed by atoms with Crippen molar-refractivity contribution in [3.05, 3.63) is 0 Å². The summed E-state index contributed by atoms with van der Waals surface area (Å²) >= 11 is 0. The second kappa shape index (κ2) is 5.44. The van der Waals surface area contributed by atoms with E-state index in [1.54, 1.807) is 4.90 Å². The van der Waals surface area contributed by atoms with Gasteiger partial charge >= 0.3 is 0 Å². The third-order valence-corrected chi connectivity index (χ3v) is 3.19. The first-order chi connectivity index (χ1) is 7.11. The lowest BCUT2D eigenvalue weighted by Crippen LogP contribution is -2.45. The maximum Gasteiger partial charge on any atom is 0.248 e. The summed E-state index contributed by atoms with van der Waals surface area (Å²) in [5.41, 5.74) is 0. The molecule has 15 heavy (non-hydrogen) atoms. The number of rotatable bonds is 4. The van der Waals surface area contributed by atoms with Gasteiger partial charge in [-0.15, -0.1) is 0 Å². The van der Waals surface area contributed by atoms with Crippen LogP contribution in [0.1, 0.15) is 13.3 Å². The number of hydrogen-bond acceptors (Lipinski definition) is 4. The molecule has 2 atom stereocenters. The van der Waals surface area contributed by atoms with Crippen LogP contribution in [0.2, 0.25) is 0 Å². The van der Waals surface area contributed by atoms with Gasteiger partial charge in [0.15, 0.2) is 0 Å². The van der Waals surface area contributed by atoms with Crippen molar-refractivity contribution in [3.8, 4) is 0 Å². The topological polar surface area (TPSA) is 64.0 Å². The summed E-state index contributed by atoms with van der Waals surface area (Å²) < 4.78 is 0. The van der Waals surface area contributed by atoms with Crippen molar-refractivity contribution in [2.45, 2.75) is 25.4 Å². The van der Waals surface area contributed by atoms with Gasteiger partial charge in [-0.1, -0.05) is 0 Å². The molecular weight excluding hydrogens is 196 g/mol. The van der Waals surface area contributed by atoms with Crippen molar-refractivity contribution in [2.24, 2.45) is 0 Å². The second-order valence-corrected chi connectivity index (χ2v) is 4.05. The average Bonchev–Trinajstić information content (AvgIpc) is 2.59. The standard InChI is InChI=1S/C10H20N2O3/c1-8-9(11(2)5-6-13)3-4-12(8)10(15)7-14/h8-9,13-14H,3-7H2,1-2H3/t8-,9-/m1/s1. The van der Waals surface area contributed by atoms with Crippen LogP contribution in [0.15, 0.2) is 0 Å². The van der Waals surface area contributed by atoms with Crippen molar-refractivity contribution < 1.29 is 15.0 Å². The van der Waals surface area contributed by atoms with Crippen LogP contribution >= 0.6 is 0 Å². The third kappa shape index (κ3) is 2.68. The quantitative estimate of drug-likeness (QED) is 0.625. The largest absolute Gasteiger partial charge is 0.395 e. The number of aliphatic hydroxyl groups excluding tert-OH is 2. The molecule has 0 saturated carbocycles. The Bertz CT molecular complexity index is 223. The van der Waals surface area contributed by atoms with Crippen LogP contribution in [-0.2, 0) is 4.79 Å². The van der Waals surface area contributed by atoms with Crippen molar-refractivity contribution in [2.75, 3.05) is 33.4 Å². The Labute approximate surface area is 90.3 Å². The predicted octanol–water partition coefficient (Wildman–Crippen LogP) is -1.11. The Morgan fingerprint density at radius 3 is 2.73 bits per heavy atom. The van der Waals surface area contributed by atoms with Gasteiger partial charge in [0.25, 0.3) is 0 Å². The number of carbonyl (C=O) groups is 1.